The maximum Gasteiger partial charge on any atom is 0.259 e. The minimum absolute atomic E-state index is 0.111. The molecule has 2 unspecified atom stereocenters. The third-order valence-electron chi connectivity index (χ3n) is 4.36. The van der Waals surface area contributed by atoms with Gasteiger partial charge in [0.05, 0.1) is 24.4 Å². The third kappa shape index (κ3) is 1.66. The lowest BCUT2D eigenvalue weighted by molar-refractivity contribution is 0.0583. The molecule has 1 fully saturated rings. The summed E-state index contributed by atoms with van der Waals surface area (Å²) >= 11 is 0. The molecule has 1 saturated heterocycles. The summed E-state index contributed by atoms with van der Waals surface area (Å²) in [5, 5.41) is 2.22. The van der Waals surface area contributed by atoms with Gasteiger partial charge in [0.1, 0.15) is 0 Å². The van der Waals surface area contributed by atoms with Crippen molar-refractivity contribution in [3.8, 4) is 0 Å². The van der Waals surface area contributed by atoms with Crippen LogP contribution in [0.4, 0.5) is 5.69 Å². The Morgan fingerprint density at radius 3 is 2.75 bits per heavy atom. The van der Waals surface area contributed by atoms with E-state index in [1.165, 1.54) is 0 Å². The Morgan fingerprint density at radius 1 is 1.20 bits per heavy atom. The van der Waals surface area contributed by atoms with E-state index in [0.717, 1.165) is 34.9 Å². The van der Waals surface area contributed by atoms with Crippen LogP contribution in [0.2, 0.25) is 0 Å². The molecular formula is C17H17NO2. The maximum absolute atomic E-state index is 12.6. The molecule has 0 aliphatic carbocycles. The van der Waals surface area contributed by atoms with Crippen molar-refractivity contribution in [1.29, 1.82) is 0 Å². The highest BCUT2D eigenvalue weighted by molar-refractivity contribution is 6.25. The first kappa shape index (κ1) is 11.9. The highest BCUT2D eigenvalue weighted by Gasteiger charge is 2.33. The molecule has 0 radical (unpaired) electrons. The predicted molar refractivity (Wildman–Crippen MR) is 79.2 cm³/mol. The van der Waals surface area contributed by atoms with Crippen molar-refractivity contribution in [1.82, 2.24) is 0 Å². The summed E-state index contributed by atoms with van der Waals surface area (Å²) in [6.45, 7) is 2.76. The van der Waals surface area contributed by atoms with Crippen molar-refractivity contribution in [2.45, 2.75) is 32.0 Å². The van der Waals surface area contributed by atoms with E-state index in [-0.39, 0.29) is 12.0 Å². The Labute approximate surface area is 118 Å². The fraction of sp³-hybridized carbons (Fsp3) is 0.353. The molecule has 20 heavy (non-hydrogen) atoms. The molecule has 0 N–H and O–H groups in total. The molecular weight excluding hydrogens is 250 g/mol. The zero-order valence-electron chi connectivity index (χ0n) is 11.5. The molecule has 102 valence electrons. The van der Waals surface area contributed by atoms with Crippen molar-refractivity contribution in [3.63, 3.8) is 0 Å². The number of benzene rings is 2. The van der Waals surface area contributed by atoms with Gasteiger partial charge in [-0.25, -0.2) is 0 Å². The predicted octanol–water partition coefficient (Wildman–Crippen LogP) is 3.37. The summed E-state index contributed by atoms with van der Waals surface area (Å²) in [4.78, 5) is 14.5. The minimum Gasteiger partial charge on any atom is -0.373 e. The van der Waals surface area contributed by atoms with Crippen LogP contribution in [0.25, 0.3) is 10.8 Å². The summed E-state index contributed by atoms with van der Waals surface area (Å²) in [5.41, 5.74) is 1.86. The second-order valence-electron chi connectivity index (χ2n) is 5.74. The average molecular weight is 267 g/mol. The summed E-state index contributed by atoms with van der Waals surface area (Å²) < 4.78 is 5.87. The molecule has 2 aromatic rings. The van der Waals surface area contributed by atoms with E-state index in [2.05, 4.69) is 19.1 Å². The number of anilines is 1. The van der Waals surface area contributed by atoms with Crippen molar-refractivity contribution >= 4 is 22.4 Å². The van der Waals surface area contributed by atoms with Crippen LogP contribution < -0.4 is 4.90 Å². The average Bonchev–Trinajstić information content (AvgIpc) is 2.98. The first-order valence-corrected chi connectivity index (χ1v) is 7.23. The second kappa shape index (κ2) is 4.32. The first-order chi connectivity index (χ1) is 9.74. The van der Waals surface area contributed by atoms with E-state index >= 15 is 0 Å². The molecule has 0 spiro atoms. The summed E-state index contributed by atoms with van der Waals surface area (Å²) in [5.74, 6) is 0.111. The number of carbonyl (C=O) groups excluding carboxylic acids is 1. The Balaban J connectivity index is 1.73. The molecule has 0 aromatic heterocycles. The Kier molecular flexibility index (Phi) is 2.57. The lowest BCUT2D eigenvalue weighted by Crippen LogP contribution is -2.34. The van der Waals surface area contributed by atoms with Gasteiger partial charge in [0.2, 0.25) is 0 Å². The van der Waals surface area contributed by atoms with Crippen molar-refractivity contribution in [2.75, 3.05) is 11.4 Å². The van der Waals surface area contributed by atoms with E-state index in [1.54, 1.807) is 0 Å². The monoisotopic (exact) mass is 267 g/mol. The summed E-state index contributed by atoms with van der Waals surface area (Å²) in [6.07, 6.45) is 2.61. The Bertz CT molecular complexity index is 689. The topological polar surface area (TPSA) is 29.5 Å². The van der Waals surface area contributed by atoms with Crippen molar-refractivity contribution in [2.24, 2.45) is 0 Å². The number of ether oxygens (including phenoxy) is 1. The highest BCUT2D eigenvalue weighted by Crippen LogP contribution is 2.37. The van der Waals surface area contributed by atoms with E-state index < -0.39 is 0 Å². The maximum atomic E-state index is 12.6. The second-order valence-corrected chi connectivity index (χ2v) is 5.74. The van der Waals surface area contributed by atoms with E-state index in [4.69, 9.17) is 4.74 Å². The lowest BCUT2D eigenvalue weighted by Gasteiger charge is -2.21. The molecule has 0 bridgehead atoms. The molecule has 2 aliphatic rings. The molecule has 4 rings (SSSR count). The van der Waals surface area contributed by atoms with Crippen LogP contribution >= 0.6 is 0 Å². The zero-order valence-corrected chi connectivity index (χ0v) is 11.5. The van der Waals surface area contributed by atoms with Crippen LogP contribution in [0.1, 0.15) is 30.1 Å². The number of rotatable bonds is 2. The summed E-state index contributed by atoms with van der Waals surface area (Å²) in [6, 6.07) is 12.1. The van der Waals surface area contributed by atoms with E-state index in [0.29, 0.717) is 12.6 Å². The normalized spacial score (nSPS) is 24.9. The Hall–Kier alpha value is -1.87. The van der Waals surface area contributed by atoms with Crippen molar-refractivity contribution in [3.05, 3.63) is 42.0 Å². The number of carbonyl (C=O) groups is 1. The molecule has 3 nitrogen and oxygen atoms in total. The lowest BCUT2D eigenvalue weighted by atomic mass is 10.1. The van der Waals surface area contributed by atoms with Crippen LogP contribution in [0, 0.1) is 0 Å². The van der Waals surface area contributed by atoms with Gasteiger partial charge >= 0.3 is 0 Å². The molecule has 0 saturated carbocycles. The van der Waals surface area contributed by atoms with Crippen LogP contribution in [0.3, 0.4) is 0 Å². The number of amides is 1. The van der Waals surface area contributed by atoms with Gasteiger partial charge in [-0.2, -0.15) is 0 Å². The van der Waals surface area contributed by atoms with Crippen LogP contribution in [-0.4, -0.2) is 24.7 Å². The fourth-order valence-corrected chi connectivity index (χ4v) is 3.38. The first-order valence-electron chi connectivity index (χ1n) is 7.23. The van der Waals surface area contributed by atoms with Gasteiger partial charge in [-0.3, -0.25) is 4.79 Å². The largest absolute Gasteiger partial charge is 0.373 e. The van der Waals surface area contributed by atoms with Crippen LogP contribution in [-0.2, 0) is 4.74 Å². The van der Waals surface area contributed by atoms with Gasteiger partial charge in [-0.1, -0.05) is 24.3 Å². The third-order valence-corrected chi connectivity index (χ3v) is 4.36. The minimum atomic E-state index is 0.111. The molecule has 2 aromatic carbocycles. The summed E-state index contributed by atoms with van der Waals surface area (Å²) in [7, 11) is 0. The standard InChI is InChI=1S/C17H17NO2/c1-11-8-9-13(20-11)10-18-15-7-3-5-12-4-2-6-14(16(12)15)17(18)19/h2-7,11,13H,8-10H2,1H3. The fourth-order valence-electron chi connectivity index (χ4n) is 3.38. The smallest absolute Gasteiger partial charge is 0.259 e. The van der Waals surface area contributed by atoms with Gasteiger partial charge in [0.25, 0.3) is 5.91 Å². The Morgan fingerprint density at radius 2 is 2.00 bits per heavy atom. The van der Waals surface area contributed by atoms with Crippen LogP contribution in [0.15, 0.2) is 36.4 Å². The quantitative estimate of drug-likeness (QED) is 0.835. The van der Waals surface area contributed by atoms with Crippen LogP contribution in [0.5, 0.6) is 0 Å². The number of hydrogen-bond acceptors (Lipinski definition) is 2. The molecule has 2 aliphatic heterocycles. The SMILES string of the molecule is CC1CCC(CN2C(=O)c3cccc4cccc2c34)O1. The van der Waals surface area contributed by atoms with Gasteiger partial charge in [0.15, 0.2) is 0 Å². The molecule has 2 atom stereocenters. The number of nitrogens with zero attached hydrogens (tertiary/aromatic N) is 1. The number of hydrogen-bond donors (Lipinski definition) is 0. The molecule has 1 amide bonds. The highest BCUT2D eigenvalue weighted by atomic mass is 16.5. The molecule has 2 heterocycles. The van der Waals surface area contributed by atoms with Gasteiger partial charge in [-0.05, 0) is 37.3 Å². The van der Waals surface area contributed by atoms with Gasteiger partial charge in [0, 0.05) is 10.9 Å². The van der Waals surface area contributed by atoms with E-state index in [1.807, 2.05) is 29.2 Å². The zero-order chi connectivity index (χ0) is 13.7. The van der Waals surface area contributed by atoms with Gasteiger partial charge < -0.3 is 9.64 Å². The van der Waals surface area contributed by atoms with Gasteiger partial charge in [-0.15, -0.1) is 0 Å². The van der Waals surface area contributed by atoms with E-state index in [9.17, 15) is 4.79 Å². The van der Waals surface area contributed by atoms with Crippen molar-refractivity contribution < 1.29 is 9.53 Å². The molecule has 3 heteroatoms.